The van der Waals surface area contributed by atoms with Crippen LogP contribution in [-0.4, -0.2) is 53.2 Å². The van der Waals surface area contributed by atoms with Gasteiger partial charge in [0.1, 0.15) is 6.04 Å². The predicted octanol–water partition coefficient (Wildman–Crippen LogP) is 2.90. The molecule has 0 fully saturated rings. The van der Waals surface area contributed by atoms with Gasteiger partial charge in [-0.2, -0.15) is 0 Å². The van der Waals surface area contributed by atoms with E-state index in [0.717, 1.165) is 10.5 Å². The summed E-state index contributed by atoms with van der Waals surface area (Å²) in [5.74, 6) is -2.14. The van der Waals surface area contributed by atoms with Crippen LogP contribution >= 0.6 is 0 Å². The molecule has 0 bridgehead atoms. The minimum absolute atomic E-state index is 0.0262. The fourth-order valence-electron chi connectivity index (χ4n) is 3.53. The molecule has 162 valence electrons. The summed E-state index contributed by atoms with van der Waals surface area (Å²) in [6.45, 7) is 3.69. The molecule has 0 saturated heterocycles. The number of nitrogens with zero attached hydrogens (tertiary/aromatic N) is 2. The molecule has 2 aromatic carbocycles. The molecule has 1 aliphatic heterocycles. The molecule has 7 nitrogen and oxygen atoms in total. The Morgan fingerprint density at radius 1 is 0.935 bits per heavy atom. The van der Waals surface area contributed by atoms with Crippen LogP contribution in [-0.2, 0) is 20.9 Å². The summed E-state index contributed by atoms with van der Waals surface area (Å²) >= 11 is 0. The third-order valence-corrected chi connectivity index (χ3v) is 5.13. The highest BCUT2D eigenvalue weighted by Crippen LogP contribution is 2.27. The van der Waals surface area contributed by atoms with Crippen molar-refractivity contribution in [1.82, 2.24) is 9.80 Å². The van der Waals surface area contributed by atoms with E-state index in [9.17, 15) is 19.2 Å². The van der Waals surface area contributed by atoms with Crippen molar-refractivity contribution >= 4 is 23.7 Å². The first-order chi connectivity index (χ1) is 14.8. The molecular weight excluding hydrogens is 396 g/mol. The third-order valence-electron chi connectivity index (χ3n) is 5.13. The number of rotatable bonds is 8. The van der Waals surface area contributed by atoms with Gasteiger partial charge in [-0.05, 0) is 30.0 Å². The largest absolute Gasteiger partial charge is 0.454 e. The average Bonchev–Trinajstić information content (AvgIpc) is 3.01. The number of hydrogen-bond acceptors (Lipinski definition) is 5. The van der Waals surface area contributed by atoms with Gasteiger partial charge in [-0.15, -0.1) is 0 Å². The first kappa shape index (κ1) is 22.2. The van der Waals surface area contributed by atoms with E-state index in [1.165, 1.54) is 4.90 Å². The number of esters is 1. The smallest absolute Gasteiger partial charge is 0.329 e. The van der Waals surface area contributed by atoms with Crippen molar-refractivity contribution < 1.29 is 23.9 Å². The SMILES string of the molecule is CC(C)C[C@H](C(=O)OCC(=O)N(C)Cc1ccccc1)N1C(=O)c2ccccc2C1=O. The maximum atomic E-state index is 12.9. The van der Waals surface area contributed by atoms with E-state index in [-0.39, 0.29) is 29.4 Å². The molecule has 1 atom stereocenters. The Labute approximate surface area is 181 Å². The molecule has 3 amide bonds. The summed E-state index contributed by atoms with van der Waals surface area (Å²) in [4.78, 5) is 53.3. The van der Waals surface area contributed by atoms with E-state index in [1.54, 1.807) is 31.3 Å². The highest BCUT2D eigenvalue weighted by atomic mass is 16.5. The number of amides is 3. The van der Waals surface area contributed by atoms with Crippen LogP contribution in [0.4, 0.5) is 0 Å². The molecule has 7 heteroatoms. The van der Waals surface area contributed by atoms with E-state index in [0.29, 0.717) is 6.54 Å². The summed E-state index contributed by atoms with van der Waals surface area (Å²) in [6, 6.07) is 14.8. The number of ether oxygens (including phenoxy) is 1. The van der Waals surface area contributed by atoms with Crippen LogP contribution in [0.3, 0.4) is 0 Å². The van der Waals surface area contributed by atoms with Crippen molar-refractivity contribution in [2.75, 3.05) is 13.7 Å². The van der Waals surface area contributed by atoms with Gasteiger partial charge in [0, 0.05) is 13.6 Å². The second-order valence-electron chi connectivity index (χ2n) is 8.01. The number of fused-ring (bicyclic) bond motifs is 1. The second-order valence-corrected chi connectivity index (χ2v) is 8.01. The van der Waals surface area contributed by atoms with Gasteiger partial charge in [0.15, 0.2) is 6.61 Å². The van der Waals surface area contributed by atoms with E-state index < -0.39 is 30.4 Å². The van der Waals surface area contributed by atoms with Crippen molar-refractivity contribution in [2.45, 2.75) is 32.9 Å². The zero-order valence-corrected chi connectivity index (χ0v) is 17.9. The van der Waals surface area contributed by atoms with E-state index in [2.05, 4.69) is 0 Å². The van der Waals surface area contributed by atoms with Gasteiger partial charge >= 0.3 is 5.97 Å². The number of carbonyl (C=O) groups excluding carboxylic acids is 4. The van der Waals surface area contributed by atoms with Gasteiger partial charge in [0.05, 0.1) is 11.1 Å². The van der Waals surface area contributed by atoms with Crippen LogP contribution in [0.2, 0.25) is 0 Å². The van der Waals surface area contributed by atoms with E-state index in [4.69, 9.17) is 4.74 Å². The molecule has 2 aromatic rings. The zero-order chi connectivity index (χ0) is 22.5. The van der Waals surface area contributed by atoms with Crippen LogP contribution in [0.15, 0.2) is 54.6 Å². The van der Waals surface area contributed by atoms with Crippen molar-refractivity contribution in [2.24, 2.45) is 5.92 Å². The van der Waals surface area contributed by atoms with Gasteiger partial charge in [0.25, 0.3) is 17.7 Å². The Morgan fingerprint density at radius 3 is 2.03 bits per heavy atom. The summed E-state index contributed by atoms with van der Waals surface area (Å²) in [7, 11) is 1.62. The molecule has 0 saturated carbocycles. The predicted molar refractivity (Wildman–Crippen MR) is 114 cm³/mol. The number of imide groups is 1. The number of carbonyl (C=O) groups is 4. The van der Waals surface area contributed by atoms with Crippen molar-refractivity contribution in [3.8, 4) is 0 Å². The van der Waals surface area contributed by atoms with Gasteiger partial charge in [-0.3, -0.25) is 19.3 Å². The summed E-state index contributed by atoms with van der Waals surface area (Å²) in [5, 5.41) is 0. The lowest BCUT2D eigenvalue weighted by atomic mass is 10.0. The van der Waals surface area contributed by atoms with Crippen LogP contribution < -0.4 is 0 Å². The molecule has 1 heterocycles. The lowest BCUT2D eigenvalue weighted by Gasteiger charge is -2.26. The summed E-state index contributed by atoms with van der Waals surface area (Å²) < 4.78 is 5.26. The third kappa shape index (κ3) is 4.99. The lowest BCUT2D eigenvalue weighted by Crippen LogP contribution is -2.47. The Hall–Kier alpha value is -3.48. The Kier molecular flexibility index (Phi) is 6.84. The molecule has 0 aromatic heterocycles. The van der Waals surface area contributed by atoms with Crippen molar-refractivity contribution in [3.63, 3.8) is 0 Å². The molecule has 0 unspecified atom stereocenters. The summed E-state index contributed by atoms with van der Waals surface area (Å²) in [5.41, 5.74) is 1.49. The van der Waals surface area contributed by atoms with Crippen LogP contribution in [0, 0.1) is 5.92 Å². The minimum atomic E-state index is -1.08. The second kappa shape index (κ2) is 9.55. The van der Waals surface area contributed by atoms with Gasteiger partial charge in [0.2, 0.25) is 0 Å². The molecule has 0 aliphatic carbocycles. The molecule has 31 heavy (non-hydrogen) atoms. The monoisotopic (exact) mass is 422 g/mol. The lowest BCUT2D eigenvalue weighted by molar-refractivity contribution is -0.155. The van der Waals surface area contributed by atoms with E-state index >= 15 is 0 Å². The molecule has 0 N–H and O–H groups in total. The quantitative estimate of drug-likeness (QED) is 0.482. The number of hydrogen-bond donors (Lipinski definition) is 0. The van der Waals surface area contributed by atoms with Crippen LogP contribution in [0.25, 0.3) is 0 Å². The van der Waals surface area contributed by atoms with Gasteiger partial charge < -0.3 is 9.64 Å². The maximum absolute atomic E-state index is 12.9. The minimum Gasteiger partial charge on any atom is -0.454 e. The average molecular weight is 422 g/mol. The normalized spacial score (nSPS) is 13.9. The Balaban J connectivity index is 1.67. The standard InChI is InChI=1S/C24H26N2O5/c1-16(2)13-20(26-22(28)18-11-7-8-12-19(18)23(26)29)24(30)31-15-21(27)25(3)14-17-9-5-4-6-10-17/h4-12,16,20H,13-15H2,1-3H3/t20-/m1/s1. The first-order valence-electron chi connectivity index (χ1n) is 10.2. The van der Waals surface area contributed by atoms with Gasteiger partial charge in [-0.1, -0.05) is 56.3 Å². The van der Waals surface area contributed by atoms with Crippen molar-refractivity contribution in [1.29, 1.82) is 0 Å². The highest BCUT2D eigenvalue weighted by molar-refractivity contribution is 6.22. The maximum Gasteiger partial charge on any atom is 0.329 e. The molecule has 3 rings (SSSR count). The molecule has 1 aliphatic rings. The first-order valence-corrected chi connectivity index (χ1v) is 10.2. The molecular formula is C24H26N2O5. The fourth-order valence-corrected chi connectivity index (χ4v) is 3.53. The zero-order valence-electron chi connectivity index (χ0n) is 17.9. The number of benzene rings is 2. The molecule has 0 spiro atoms. The topological polar surface area (TPSA) is 84.0 Å². The number of likely N-dealkylation sites (N-methyl/N-ethyl adjacent to an activating group) is 1. The Morgan fingerprint density at radius 2 is 1.48 bits per heavy atom. The fraction of sp³-hybridized carbons (Fsp3) is 0.333. The summed E-state index contributed by atoms with van der Waals surface area (Å²) in [6.07, 6.45) is 0.248. The molecule has 0 radical (unpaired) electrons. The van der Waals surface area contributed by atoms with Gasteiger partial charge in [-0.25, -0.2) is 4.79 Å². The van der Waals surface area contributed by atoms with E-state index in [1.807, 2.05) is 44.2 Å². The van der Waals surface area contributed by atoms with Crippen molar-refractivity contribution in [3.05, 3.63) is 71.3 Å². The van der Waals surface area contributed by atoms with Crippen LogP contribution in [0.5, 0.6) is 0 Å². The van der Waals surface area contributed by atoms with Crippen LogP contribution in [0.1, 0.15) is 46.5 Å². The Bertz CT molecular complexity index is 951. The highest BCUT2D eigenvalue weighted by Gasteiger charge is 2.43.